The van der Waals surface area contributed by atoms with E-state index >= 15 is 0 Å². The molecule has 0 heterocycles. The molecule has 86 valence electrons. The lowest BCUT2D eigenvalue weighted by molar-refractivity contribution is 0.456. The molecule has 0 rings (SSSR count). The van der Waals surface area contributed by atoms with Gasteiger partial charge in [0, 0.05) is 12.3 Å². The van der Waals surface area contributed by atoms with E-state index in [1.165, 1.54) is 0 Å². The lowest BCUT2D eigenvalue weighted by Gasteiger charge is -2.12. The van der Waals surface area contributed by atoms with Crippen molar-refractivity contribution in [2.24, 2.45) is 5.92 Å². The van der Waals surface area contributed by atoms with Crippen LogP contribution in [-0.2, 0) is 9.84 Å². The van der Waals surface area contributed by atoms with Gasteiger partial charge < -0.3 is 5.32 Å². The van der Waals surface area contributed by atoms with Crippen molar-refractivity contribution in [2.75, 3.05) is 24.6 Å². The van der Waals surface area contributed by atoms with Gasteiger partial charge in [-0.2, -0.15) is 0 Å². The van der Waals surface area contributed by atoms with Crippen LogP contribution in [0.1, 0.15) is 33.6 Å². The van der Waals surface area contributed by atoms with Gasteiger partial charge in [0.25, 0.3) is 0 Å². The lowest BCUT2D eigenvalue weighted by Crippen LogP contribution is -2.28. The van der Waals surface area contributed by atoms with Crippen molar-refractivity contribution >= 4 is 9.84 Å². The predicted octanol–water partition coefficient (Wildman–Crippen LogP) is 1.45. The van der Waals surface area contributed by atoms with Gasteiger partial charge in [0.2, 0.25) is 0 Å². The second-order valence-corrected chi connectivity index (χ2v) is 6.10. The summed E-state index contributed by atoms with van der Waals surface area (Å²) in [4.78, 5) is 0. The Morgan fingerprint density at radius 2 is 1.71 bits per heavy atom. The lowest BCUT2D eigenvalue weighted by atomic mass is 10.0. The summed E-state index contributed by atoms with van der Waals surface area (Å²) in [5, 5.41) is 3.20. The summed E-state index contributed by atoms with van der Waals surface area (Å²) < 4.78 is 22.3. The van der Waals surface area contributed by atoms with Crippen LogP contribution in [-0.4, -0.2) is 33.0 Å². The molecule has 0 unspecified atom stereocenters. The second kappa shape index (κ2) is 7.23. The van der Waals surface area contributed by atoms with Crippen molar-refractivity contribution in [1.29, 1.82) is 0 Å². The third-order valence-electron chi connectivity index (χ3n) is 2.62. The third-order valence-corrected chi connectivity index (χ3v) is 4.32. The van der Waals surface area contributed by atoms with Crippen LogP contribution < -0.4 is 5.32 Å². The zero-order chi connectivity index (χ0) is 11.0. The van der Waals surface area contributed by atoms with Gasteiger partial charge in [-0.3, -0.25) is 0 Å². The minimum Gasteiger partial charge on any atom is -0.315 e. The summed E-state index contributed by atoms with van der Waals surface area (Å²) >= 11 is 0. The molecule has 0 aliphatic carbocycles. The highest BCUT2D eigenvalue weighted by Crippen LogP contribution is 2.04. The Hall–Kier alpha value is -0.0900. The smallest absolute Gasteiger partial charge is 0.151 e. The molecule has 0 atom stereocenters. The highest BCUT2D eigenvalue weighted by Gasteiger charge is 2.07. The normalized spacial score (nSPS) is 12.3. The van der Waals surface area contributed by atoms with Gasteiger partial charge in [-0.25, -0.2) is 8.42 Å². The molecule has 0 bridgehead atoms. The molecule has 1 N–H and O–H groups in total. The molecular weight excluding hydrogens is 198 g/mol. The average molecular weight is 221 g/mol. The van der Waals surface area contributed by atoms with E-state index in [0.717, 1.165) is 19.4 Å². The molecule has 0 saturated heterocycles. The van der Waals surface area contributed by atoms with Crippen LogP contribution in [0.2, 0.25) is 0 Å². The minimum absolute atomic E-state index is 0.250. The molecule has 0 aliphatic rings. The van der Waals surface area contributed by atoms with Gasteiger partial charge >= 0.3 is 0 Å². The van der Waals surface area contributed by atoms with E-state index in [1.54, 1.807) is 6.92 Å². The fraction of sp³-hybridized carbons (Fsp3) is 1.00. The number of hydrogen-bond donors (Lipinski definition) is 1. The fourth-order valence-corrected chi connectivity index (χ4v) is 2.00. The molecule has 0 aromatic rings. The Kier molecular flexibility index (Phi) is 7.19. The van der Waals surface area contributed by atoms with Gasteiger partial charge in [0.15, 0.2) is 9.84 Å². The van der Waals surface area contributed by atoms with Crippen molar-refractivity contribution in [3.05, 3.63) is 0 Å². The Morgan fingerprint density at radius 3 is 2.14 bits per heavy atom. The molecular formula is C10H23NO2S. The summed E-state index contributed by atoms with van der Waals surface area (Å²) in [5.41, 5.74) is 0. The average Bonchev–Trinajstić information content (AvgIpc) is 2.18. The second-order valence-electron chi connectivity index (χ2n) is 3.62. The topological polar surface area (TPSA) is 46.2 Å². The summed E-state index contributed by atoms with van der Waals surface area (Å²) in [5.74, 6) is 1.20. The molecule has 0 fully saturated rings. The molecule has 3 nitrogen and oxygen atoms in total. The Balaban J connectivity index is 3.56. The van der Waals surface area contributed by atoms with Crippen LogP contribution in [0.4, 0.5) is 0 Å². The van der Waals surface area contributed by atoms with Crippen LogP contribution in [0.5, 0.6) is 0 Å². The summed E-state index contributed by atoms with van der Waals surface area (Å²) in [7, 11) is -2.79. The highest BCUT2D eigenvalue weighted by molar-refractivity contribution is 7.91. The zero-order valence-corrected chi connectivity index (χ0v) is 10.4. The zero-order valence-electron chi connectivity index (χ0n) is 9.54. The summed E-state index contributed by atoms with van der Waals surface area (Å²) in [6.45, 7) is 7.55. The van der Waals surface area contributed by atoms with Crippen molar-refractivity contribution in [3.8, 4) is 0 Å². The SMILES string of the molecule is CCC(CC)CNCCS(=O)(=O)CC. The third kappa shape index (κ3) is 6.38. The number of hydrogen-bond acceptors (Lipinski definition) is 3. The molecule has 0 aliphatic heterocycles. The molecule has 0 radical (unpaired) electrons. The number of rotatable bonds is 8. The Bertz CT molecular complexity index is 220. The monoisotopic (exact) mass is 221 g/mol. The maximum atomic E-state index is 11.1. The molecule has 0 aromatic carbocycles. The van der Waals surface area contributed by atoms with E-state index in [-0.39, 0.29) is 11.5 Å². The maximum Gasteiger partial charge on any atom is 0.151 e. The van der Waals surface area contributed by atoms with Crippen LogP contribution in [0, 0.1) is 5.92 Å². The summed E-state index contributed by atoms with van der Waals surface area (Å²) in [6, 6.07) is 0. The Morgan fingerprint density at radius 1 is 1.14 bits per heavy atom. The van der Waals surface area contributed by atoms with Crippen LogP contribution in [0.25, 0.3) is 0 Å². The van der Waals surface area contributed by atoms with Gasteiger partial charge in [-0.15, -0.1) is 0 Å². The number of nitrogens with one attached hydrogen (secondary N) is 1. The maximum absolute atomic E-state index is 11.1. The molecule has 0 saturated carbocycles. The summed E-state index contributed by atoms with van der Waals surface area (Å²) in [6.07, 6.45) is 2.31. The molecule has 0 aromatic heterocycles. The van der Waals surface area contributed by atoms with Gasteiger partial charge in [0.05, 0.1) is 5.75 Å². The quantitative estimate of drug-likeness (QED) is 0.631. The fourth-order valence-electron chi connectivity index (χ4n) is 1.26. The van der Waals surface area contributed by atoms with Crippen LogP contribution in [0.3, 0.4) is 0 Å². The molecule has 14 heavy (non-hydrogen) atoms. The number of sulfone groups is 1. The first-order valence-electron chi connectivity index (χ1n) is 5.46. The van der Waals surface area contributed by atoms with Crippen molar-refractivity contribution in [1.82, 2.24) is 5.32 Å². The Labute approximate surface area is 88.2 Å². The highest BCUT2D eigenvalue weighted by atomic mass is 32.2. The van der Waals surface area contributed by atoms with Crippen molar-refractivity contribution in [2.45, 2.75) is 33.6 Å². The molecule has 0 spiro atoms. The predicted molar refractivity (Wildman–Crippen MR) is 61.3 cm³/mol. The molecule has 0 amide bonds. The molecule has 4 heteroatoms. The van der Waals surface area contributed by atoms with Crippen molar-refractivity contribution in [3.63, 3.8) is 0 Å². The van der Waals surface area contributed by atoms with Gasteiger partial charge in [-0.1, -0.05) is 33.6 Å². The first-order chi connectivity index (χ1) is 6.55. The van der Waals surface area contributed by atoms with Crippen LogP contribution >= 0.6 is 0 Å². The van der Waals surface area contributed by atoms with E-state index in [4.69, 9.17) is 0 Å². The standard InChI is InChI=1S/C10H23NO2S/c1-4-10(5-2)9-11-7-8-14(12,13)6-3/h10-11H,4-9H2,1-3H3. The van der Waals surface area contributed by atoms with E-state index in [0.29, 0.717) is 12.5 Å². The first kappa shape index (κ1) is 13.9. The van der Waals surface area contributed by atoms with E-state index in [1.807, 2.05) is 0 Å². The van der Waals surface area contributed by atoms with Crippen LogP contribution in [0.15, 0.2) is 0 Å². The van der Waals surface area contributed by atoms with Gasteiger partial charge in [-0.05, 0) is 12.5 Å². The van der Waals surface area contributed by atoms with E-state index < -0.39 is 9.84 Å². The van der Waals surface area contributed by atoms with Crippen molar-refractivity contribution < 1.29 is 8.42 Å². The minimum atomic E-state index is -2.79. The largest absolute Gasteiger partial charge is 0.315 e. The van der Waals surface area contributed by atoms with E-state index in [9.17, 15) is 8.42 Å². The van der Waals surface area contributed by atoms with E-state index in [2.05, 4.69) is 19.2 Å². The van der Waals surface area contributed by atoms with Gasteiger partial charge in [0.1, 0.15) is 0 Å². The first-order valence-corrected chi connectivity index (χ1v) is 7.29.